The number of benzene rings is 2. The molecule has 2 aromatic carbocycles. The molecule has 0 saturated carbocycles. The Bertz CT molecular complexity index is 1120. The summed E-state index contributed by atoms with van der Waals surface area (Å²) in [6.45, 7) is 10.5. The molecule has 2 unspecified atom stereocenters. The van der Waals surface area contributed by atoms with Crippen molar-refractivity contribution in [3.8, 4) is 11.5 Å². The summed E-state index contributed by atoms with van der Waals surface area (Å²) in [5.41, 5.74) is 5.40. The molecule has 2 aromatic rings. The molecule has 0 N–H and O–H groups in total. The van der Waals surface area contributed by atoms with Gasteiger partial charge in [-0.25, -0.2) is 0 Å². The van der Waals surface area contributed by atoms with Gasteiger partial charge in [0.2, 0.25) is 0 Å². The highest BCUT2D eigenvalue weighted by atomic mass is 16.5. The molecule has 5 heteroatoms. The van der Waals surface area contributed by atoms with Crippen LogP contribution in [0.3, 0.4) is 0 Å². The second-order valence-electron chi connectivity index (χ2n) is 10.5. The number of hydrogen-bond acceptors (Lipinski definition) is 4. The van der Waals surface area contributed by atoms with Crippen LogP contribution in [-0.4, -0.2) is 50.2 Å². The van der Waals surface area contributed by atoms with Gasteiger partial charge in [-0.1, -0.05) is 38.1 Å². The number of amides is 1. The van der Waals surface area contributed by atoms with Crippen molar-refractivity contribution < 1.29 is 14.3 Å². The van der Waals surface area contributed by atoms with Gasteiger partial charge >= 0.3 is 0 Å². The van der Waals surface area contributed by atoms with Crippen LogP contribution in [0.4, 0.5) is 5.69 Å². The largest absolute Gasteiger partial charge is 0.493 e. The van der Waals surface area contributed by atoms with Crippen LogP contribution in [0, 0.1) is 5.92 Å². The lowest BCUT2D eigenvalue weighted by Crippen LogP contribution is -2.36. The molecule has 35 heavy (non-hydrogen) atoms. The molecule has 2 aliphatic heterocycles. The van der Waals surface area contributed by atoms with E-state index in [1.54, 1.807) is 7.11 Å². The summed E-state index contributed by atoms with van der Waals surface area (Å²) in [6.07, 6.45) is 4.52. The average molecular weight is 475 g/mol. The Hall–Kier alpha value is -2.79. The Labute approximate surface area is 209 Å². The van der Waals surface area contributed by atoms with Crippen LogP contribution in [0.5, 0.6) is 11.5 Å². The zero-order chi connectivity index (χ0) is 24.5. The minimum atomic E-state index is 0.0208. The molecular weight excluding hydrogens is 436 g/mol. The Balaban J connectivity index is 1.37. The first kappa shape index (κ1) is 23.9. The Morgan fingerprint density at radius 2 is 1.74 bits per heavy atom. The van der Waals surface area contributed by atoms with Crippen molar-refractivity contribution in [2.45, 2.75) is 58.4 Å². The number of likely N-dealkylation sites (tertiary alicyclic amines) is 1. The predicted octanol–water partition coefficient (Wildman–Crippen LogP) is 5.89. The van der Waals surface area contributed by atoms with E-state index in [0.29, 0.717) is 24.0 Å². The van der Waals surface area contributed by atoms with Crippen molar-refractivity contribution in [2.75, 3.05) is 38.3 Å². The van der Waals surface area contributed by atoms with Crippen molar-refractivity contribution in [3.63, 3.8) is 0 Å². The van der Waals surface area contributed by atoms with E-state index in [1.807, 2.05) is 29.2 Å². The lowest BCUT2D eigenvalue weighted by atomic mass is 9.92. The fraction of sp³-hybridized carbons (Fsp3) is 0.500. The summed E-state index contributed by atoms with van der Waals surface area (Å²) in [7, 11) is 1.67. The molecule has 0 spiro atoms. The average Bonchev–Trinajstić information content (AvgIpc) is 3.01. The molecule has 1 fully saturated rings. The van der Waals surface area contributed by atoms with Crippen LogP contribution in [0.1, 0.15) is 63.5 Å². The Kier molecular flexibility index (Phi) is 6.88. The summed E-state index contributed by atoms with van der Waals surface area (Å²) in [4.78, 5) is 18.3. The van der Waals surface area contributed by atoms with Crippen molar-refractivity contribution in [1.29, 1.82) is 0 Å². The van der Waals surface area contributed by atoms with E-state index in [-0.39, 0.29) is 11.9 Å². The fourth-order valence-electron chi connectivity index (χ4n) is 5.94. The molecule has 3 aliphatic rings. The van der Waals surface area contributed by atoms with Gasteiger partial charge in [0, 0.05) is 23.9 Å². The third-order valence-electron chi connectivity index (χ3n) is 8.22. The second kappa shape index (κ2) is 10.1. The number of rotatable bonds is 6. The van der Waals surface area contributed by atoms with Crippen LogP contribution in [0.25, 0.3) is 5.57 Å². The van der Waals surface area contributed by atoms with Crippen LogP contribution in [0.15, 0.2) is 48.0 Å². The van der Waals surface area contributed by atoms with Gasteiger partial charge in [-0.15, -0.1) is 0 Å². The van der Waals surface area contributed by atoms with Gasteiger partial charge in [-0.05, 0) is 86.4 Å². The van der Waals surface area contributed by atoms with Gasteiger partial charge in [0.15, 0.2) is 11.5 Å². The summed E-state index contributed by atoms with van der Waals surface area (Å²) in [6, 6.07) is 14.3. The van der Waals surface area contributed by atoms with Crippen LogP contribution < -0.4 is 14.4 Å². The third kappa shape index (κ3) is 4.58. The predicted molar refractivity (Wildman–Crippen MR) is 141 cm³/mol. The molecule has 1 aliphatic carbocycles. The van der Waals surface area contributed by atoms with E-state index in [2.05, 4.69) is 43.9 Å². The summed E-state index contributed by atoms with van der Waals surface area (Å²) >= 11 is 0. The number of methoxy groups -OCH3 is 1. The quantitative estimate of drug-likeness (QED) is 0.523. The fourth-order valence-corrected chi connectivity index (χ4v) is 5.94. The van der Waals surface area contributed by atoms with Crippen LogP contribution >= 0.6 is 0 Å². The molecule has 186 valence electrons. The second-order valence-corrected chi connectivity index (χ2v) is 10.5. The van der Waals surface area contributed by atoms with E-state index in [4.69, 9.17) is 9.47 Å². The third-order valence-corrected chi connectivity index (χ3v) is 8.22. The standard InChI is InChI=1S/C30H38N2O3/c1-20-13-15-31(16-14-20)17-18-35-28-19-23(10-12-27(28)34-4)32-22(3)25-11-9-21(2)24-7-5-6-8-26(24)29(25)30(32)33/h5-8,10,12,19-22H,9,11,13-18H2,1-4H3. The number of piperidine rings is 1. The van der Waals surface area contributed by atoms with Crippen molar-refractivity contribution >= 4 is 17.2 Å². The number of nitrogens with zero attached hydrogens (tertiary/aromatic N) is 2. The van der Waals surface area contributed by atoms with Gasteiger partial charge in [-0.2, -0.15) is 0 Å². The zero-order valence-electron chi connectivity index (χ0n) is 21.5. The molecule has 2 atom stereocenters. The maximum Gasteiger partial charge on any atom is 0.259 e. The molecule has 5 rings (SSSR count). The van der Waals surface area contributed by atoms with Gasteiger partial charge in [0.1, 0.15) is 6.61 Å². The number of anilines is 1. The number of hydrogen-bond donors (Lipinski definition) is 0. The topological polar surface area (TPSA) is 42.0 Å². The number of carbonyl (C=O) groups excluding carboxylic acids is 1. The Morgan fingerprint density at radius 3 is 2.51 bits per heavy atom. The minimum absolute atomic E-state index is 0.0208. The first-order valence-electron chi connectivity index (χ1n) is 13.2. The molecule has 0 radical (unpaired) electrons. The highest BCUT2D eigenvalue weighted by Gasteiger charge is 2.40. The monoisotopic (exact) mass is 474 g/mol. The normalized spacial score (nSPS) is 23.2. The SMILES string of the molecule is COc1ccc(N2C(=O)C3=C(CCC(C)c4ccccc43)C2C)cc1OCCN1CCC(C)CC1. The lowest BCUT2D eigenvalue weighted by molar-refractivity contribution is -0.113. The van der Waals surface area contributed by atoms with E-state index >= 15 is 0 Å². The van der Waals surface area contributed by atoms with Gasteiger partial charge in [0.05, 0.1) is 13.2 Å². The summed E-state index contributed by atoms with van der Waals surface area (Å²) < 4.78 is 11.8. The summed E-state index contributed by atoms with van der Waals surface area (Å²) in [5, 5.41) is 0. The maximum atomic E-state index is 13.9. The molecule has 1 saturated heterocycles. The van der Waals surface area contributed by atoms with Gasteiger partial charge < -0.3 is 14.4 Å². The zero-order valence-corrected chi connectivity index (χ0v) is 21.5. The highest BCUT2D eigenvalue weighted by molar-refractivity contribution is 6.30. The Morgan fingerprint density at radius 1 is 0.971 bits per heavy atom. The van der Waals surface area contributed by atoms with E-state index in [9.17, 15) is 4.79 Å². The van der Waals surface area contributed by atoms with Crippen molar-refractivity contribution in [1.82, 2.24) is 4.90 Å². The molecule has 1 amide bonds. The number of carbonyl (C=O) groups is 1. The van der Waals surface area contributed by atoms with Crippen LogP contribution in [-0.2, 0) is 4.79 Å². The molecule has 0 bridgehead atoms. The van der Waals surface area contributed by atoms with E-state index in [0.717, 1.165) is 55.2 Å². The lowest BCUT2D eigenvalue weighted by Gasteiger charge is -2.30. The molecule has 0 aromatic heterocycles. The van der Waals surface area contributed by atoms with E-state index < -0.39 is 0 Å². The summed E-state index contributed by atoms with van der Waals surface area (Å²) in [5.74, 6) is 2.77. The molecule has 5 nitrogen and oxygen atoms in total. The minimum Gasteiger partial charge on any atom is -0.493 e. The highest BCUT2D eigenvalue weighted by Crippen LogP contribution is 2.45. The first-order valence-corrected chi connectivity index (χ1v) is 13.2. The molecular formula is C30H38N2O3. The maximum absolute atomic E-state index is 13.9. The van der Waals surface area contributed by atoms with Crippen molar-refractivity contribution in [3.05, 3.63) is 59.2 Å². The van der Waals surface area contributed by atoms with Crippen molar-refractivity contribution in [2.24, 2.45) is 5.92 Å². The number of fused-ring (bicyclic) bond motifs is 2. The van der Waals surface area contributed by atoms with Crippen LogP contribution in [0.2, 0.25) is 0 Å². The first-order chi connectivity index (χ1) is 17.0. The smallest absolute Gasteiger partial charge is 0.259 e. The van der Waals surface area contributed by atoms with Gasteiger partial charge in [0.25, 0.3) is 5.91 Å². The van der Waals surface area contributed by atoms with E-state index in [1.165, 1.54) is 24.0 Å². The van der Waals surface area contributed by atoms with Gasteiger partial charge in [-0.3, -0.25) is 9.69 Å². The molecule has 2 heterocycles. The number of ether oxygens (including phenoxy) is 2.